The lowest BCUT2D eigenvalue weighted by molar-refractivity contribution is -0.386. The van der Waals surface area contributed by atoms with Crippen molar-refractivity contribution < 1.29 is 14.8 Å². The van der Waals surface area contributed by atoms with Crippen LogP contribution in [0.15, 0.2) is 12.1 Å². The van der Waals surface area contributed by atoms with Gasteiger partial charge in [0, 0.05) is 11.6 Å². The highest BCUT2D eigenvalue weighted by Gasteiger charge is 2.27. The van der Waals surface area contributed by atoms with E-state index in [2.05, 4.69) is 0 Å². The molecule has 5 nitrogen and oxygen atoms in total. The molecule has 0 unspecified atom stereocenters. The van der Waals surface area contributed by atoms with Crippen LogP contribution in [0.5, 0.6) is 0 Å². The van der Waals surface area contributed by atoms with Gasteiger partial charge in [0.15, 0.2) is 0 Å². The molecule has 17 heavy (non-hydrogen) atoms. The van der Waals surface area contributed by atoms with E-state index in [1.54, 1.807) is 13.0 Å². The van der Waals surface area contributed by atoms with Gasteiger partial charge in [-0.05, 0) is 24.0 Å². The van der Waals surface area contributed by atoms with Crippen molar-refractivity contribution in [2.24, 2.45) is 0 Å². The molecule has 0 spiro atoms. The van der Waals surface area contributed by atoms with E-state index in [4.69, 9.17) is 5.11 Å². The van der Waals surface area contributed by atoms with Crippen LogP contribution in [-0.4, -0.2) is 16.0 Å². The van der Waals surface area contributed by atoms with Crippen LogP contribution in [0.25, 0.3) is 0 Å². The molecule has 1 aromatic carbocycles. The number of carboxylic acids is 1. The summed E-state index contributed by atoms with van der Waals surface area (Å²) in [5.41, 5.74) is 0.521. The summed E-state index contributed by atoms with van der Waals surface area (Å²) in [5.74, 6) is -1.15. The molecule has 0 atom stereocenters. The minimum atomic E-state index is -1.15. The average Bonchev–Trinajstić information content (AvgIpc) is 2.14. The Bertz CT molecular complexity index is 486. The first-order chi connectivity index (χ1) is 7.64. The van der Waals surface area contributed by atoms with Crippen molar-refractivity contribution in [3.05, 3.63) is 38.9 Å². The van der Waals surface area contributed by atoms with Gasteiger partial charge >= 0.3 is 5.97 Å². The van der Waals surface area contributed by atoms with Crippen LogP contribution in [0, 0.1) is 17.0 Å². The van der Waals surface area contributed by atoms with Crippen LogP contribution < -0.4 is 0 Å². The number of carbonyl (C=O) groups is 1. The van der Waals surface area contributed by atoms with Crippen LogP contribution in [0.2, 0.25) is 0 Å². The number of nitrogens with zero attached hydrogens (tertiary/aromatic N) is 1. The molecule has 0 aliphatic heterocycles. The van der Waals surface area contributed by atoms with Gasteiger partial charge < -0.3 is 5.11 Å². The second-order valence-electron chi connectivity index (χ2n) is 5.00. The highest BCUT2D eigenvalue weighted by Crippen LogP contribution is 2.33. The van der Waals surface area contributed by atoms with Gasteiger partial charge in [-0.2, -0.15) is 0 Å². The van der Waals surface area contributed by atoms with Gasteiger partial charge in [0.1, 0.15) is 0 Å². The van der Waals surface area contributed by atoms with E-state index in [1.165, 1.54) is 0 Å². The summed E-state index contributed by atoms with van der Waals surface area (Å²) >= 11 is 0. The number of hydrogen-bond donors (Lipinski definition) is 1. The van der Waals surface area contributed by atoms with Gasteiger partial charge in [-0.25, -0.2) is 4.79 Å². The molecule has 0 aliphatic carbocycles. The predicted molar refractivity (Wildman–Crippen MR) is 63.5 cm³/mol. The molecule has 0 aliphatic rings. The summed E-state index contributed by atoms with van der Waals surface area (Å²) in [6, 6.07) is 2.72. The molecule has 1 aromatic rings. The van der Waals surface area contributed by atoms with E-state index in [9.17, 15) is 14.9 Å². The van der Waals surface area contributed by atoms with Crippen molar-refractivity contribution >= 4 is 11.7 Å². The topological polar surface area (TPSA) is 80.4 Å². The van der Waals surface area contributed by atoms with Crippen molar-refractivity contribution in [1.29, 1.82) is 0 Å². The monoisotopic (exact) mass is 237 g/mol. The predicted octanol–water partition coefficient (Wildman–Crippen LogP) is 2.90. The van der Waals surface area contributed by atoms with Crippen molar-refractivity contribution in [3.63, 3.8) is 0 Å². The molecule has 0 fully saturated rings. The second kappa shape index (κ2) is 4.16. The number of hydrogen-bond acceptors (Lipinski definition) is 3. The molecule has 0 radical (unpaired) electrons. The van der Waals surface area contributed by atoms with Gasteiger partial charge in [-0.15, -0.1) is 0 Å². The second-order valence-corrected chi connectivity index (χ2v) is 5.00. The molecule has 5 heteroatoms. The quantitative estimate of drug-likeness (QED) is 0.633. The lowest BCUT2D eigenvalue weighted by Gasteiger charge is -2.20. The molecule has 0 aromatic heterocycles. The minimum Gasteiger partial charge on any atom is -0.478 e. The Balaban J connectivity index is 3.58. The normalized spacial score (nSPS) is 11.3. The Morgan fingerprint density at radius 1 is 1.35 bits per heavy atom. The summed E-state index contributed by atoms with van der Waals surface area (Å²) in [6.45, 7) is 7.21. The fraction of sp³-hybridized carbons (Fsp3) is 0.417. The van der Waals surface area contributed by atoms with E-state index in [1.807, 2.05) is 20.8 Å². The van der Waals surface area contributed by atoms with Crippen molar-refractivity contribution in [2.45, 2.75) is 33.1 Å². The molecule has 0 bridgehead atoms. The van der Waals surface area contributed by atoms with E-state index in [0.717, 1.165) is 6.07 Å². The number of carboxylic acid groups (broad SMARTS) is 1. The Labute approximate surface area is 99.2 Å². The standard InChI is InChI=1S/C12H15NO4/c1-7-5-9(12(2,3)4)10(13(16)17)6-8(7)11(14)15/h5-6H,1-4H3,(H,14,15). The zero-order valence-corrected chi connectivity index (χ0v) is 10.3. The van der Waals surface area contributed by atoms with Crippen molar-refractivity contribution in [3.8, 4) is 0 Å². The maximum Gasteiger partial charge on any atom is 0.336 e. The minimum absolute atomic E-state index is 0.0234. The number of aromatic carboxylic acids is 1. The maximum absolute atomic E-state index is 11.0. The Morgan fingerprint density at radius 3 is 2.24 bits per heavy atom. The number of aryl methyl sites for hydroxylation is 1. The number of benzene rings is 1. The fourth-order valence-electron chi connectivity index (χ4n) is 1.68. The molecule has 0 heterocycles. The number of nitro groups is 1. The first-order valence-corrected chi connectivity index (χ1v) is 5.17. The van der Waals surface area contributed by atoms with Crippen molar-refractivity contribution in [1.82, 2.24) is 0 Å². The zero-order chi connectivity index (χ0) is 13.4. The van der Waals surface area contributed by atoms with Crippen LogP contribution in [-0.2, 0) is 5.41 Å². The molecule has 0 amide bonds. The van der Waals surface area contributed by atoms with Crippen LogP contribution in [0.4, 0.5) is 5.69 Å². The van der Waals surface area contributed by atoms with E-state index in [-0.39, 0.29) is 11.3 Å². The lowest BCUT2D eigenvalue weighted by Crippen LogP contribution is -2.15. The Kier molecular flexibility index (Phi) is 3.22. The molecule has 0 saturated carbocycles. The van der Waals surface area contributed by atoms with E-state index in [0.29, 0.717) is 11.1 Å². The average molecular weight is 237 g/mol. The van der Waals surface area contributed by atoms with E-state index < -0.39 is 16.3 Å². The molecular weight excluding hydrogens is 222 g/mol. The third-order valence-electron chi connectivity index (χ3n) is 2.58. The SMILES string of the molecule is Cc1cc(C(C)(C)C)c([N+](=O)[O-])cc1C(=O)O. The van der Waals surface area contributed by atoms with E-state index >= 15 is 0 Å². The molecule has 1 rings (SSSR count). The summed E-state index contributed by atoms with van der Waals surface area (Å²) in [4.78, 5) is 21.4. The fourth-order valence-corrected chi connectivity index (χ4v) is 1.68. The van der Waals surface area contributed by atoms with Crippen LogP contribution in [0.1, 0.15) is 42.3 Å². The van der Waals surface area contributed by atoms with Crippen LogP contribution in [0.3, 0.4) is 0 Å². The smallest absolute Gasteiger partial charge is 0.336 e. The molecule has 92 valence electrons. The van der Waals surface area contributed by atoms with Crippen LogP contribution >= 0.6 is 0 Å². The summed E-state index contributed by atoms with van der Waals surface area (Å²) in [6.07, 6.45) is 0. The summed E-state index contributed by atoms with van der Waals surface area (Å²) < 4.78 is 0. The molecular formula is C12H15NO4. The zero-order valence-electron chi connectivity index (χ0n) is 10.3. The van der Waals surface area contributed by atoms with Gasteiger partial charge in [0.2, 0.25) is 0 Å². The molecule has 1 N–H and O–H groups in total. The number of nitro benzene ring substituents is 1. The summed E-state index contributed by atoms with van der Waals surface area (Å²) in [7, 11) is 0. The van der Waals surface area contributed by atoms with Gasteiger partial charge in [0.25, 0.3) is 5.69 Å². The van der Waals surface area contributed by atoms with Gasteiger partial charge in [-0.3, -0.25) is 10.1 Å². The van der Waals surface area contributed by atoms with Crippen molar-refractivity contribution in [2.75, 3.05) is 0 Å². The van der Waals surface area contributed by atoms with Gasteiger partial charge in [-0.1, -0.05) is 20.8 Å². The lowest BCUT2D eigenvalue weighted by atomic mass is 9.84. The Hall–Kier alpha value is -1.91. The maximum atomic E-state index is 11.0. The Morgan fingerprint density at radius 2 is 1.88 bits per heavy atom. The largest absolute Gasteiger partial charge is 0.478 e. The van der Waals surface area contributed by atoms with Gasteiger partial charge in [0.05, 0.1) is 10.5 Å². The third-order valence-corrected chi connectivity index (χ3v) is 2.58. The first kappa shape index (κ1) is 13.2. The molecule has 0 saturated heterocycles. The summed E-state index contributed by atoms with van der Waals surface area (Å²) in [5, 5.41) is 19.9. The number of rotatable bonds is 2. The highest BCUT2D eigenvalue weighted by atomic mass is 16.6. The third kappa shape index (κ3) is 2.61. The highest BCUT2D eigenvalue weighted by molar-refractivity contribution is 5.90. The first-order valence-electron chi connectivity index (χ1n) is 5.17.